The Hall–Kier alpha value is -2.21. The molecule has 1 saturated heterocycles. The van der Waals surface area contributed by atoms with Gasteiger partial charge in [-0.25, -0.2) is 9.50 Å². The zero-order valence-electron chi connectivity index (χ0n) is 12.0. The van der Waals surface area contributed by atoms with Gasteiger partial charge in [-0.2, -0.15) is 10.2 Å². The normalized spacial score (nSPS) is 16.6. The van der Waals surface area contributed by atoms with E-state index in [1.807, 2.05) is 36.4 Å². The Morgan fingerprint density at radius 1 is 1.19 bits per heavy atom. The number of hydrogen-bond acceptors (Lipinski definition) is 4. The Bertz CT molecular complexity index is 765. The largest absolute Gasteiger partial charge is 0.317 e. The zero-order chi connectivity index (χ0) is 14.2. The number of aryl methyl sites for hydroxylation is 1. The highest BCUT2D eigenvalue weighted by Gasteiger charge is 2.21. The van der Waals surface area contributed by atoms with Gasteiger partial charge in [0.1, 0.15) is 0 Å². The second-order valence-corrected chi connectivity index (χ2v) is 5.60. The summed E-state index contributed by atoms with van der Waals surface area (Å²) in [6.45, 7) is 2.12. The molecule has 1 N–H and O–H groups in total. The Morgan fingerprint density at radius 3 is 2.81 bits per heavy atom. The maximum Gasteiger partial charge on any atom is 0.0921 e. The highest BCUT2D eigenvalue weighted by Crippen LogP contribution is 2.29. The van der Waals surface area contributed by atoms with Crippen molar-refractivity contribution in [3.05, 3.63) is 36.5 Å². The summed E-state index contributed by atoms with van der Waals surface area (Å²) in [5.41, 5.74) is 4.25. The molecule has 3 aromatic rings. The van der Waals surface area contributed by atoms with Gasteiger partial charge in [0, 0.05) is 24.7 Å². The van der Waals surface area contributed by atoms with Crippen LogP contribution in [0.2, 0.25) is 0 Å². The van der Waals surface area contributed by atoms with Crippen molar-refractivity contribution in [2.45, 2.75) is 18.8 Å². The third kappa shape index (κ3) is 2.21. The quantitative estimate of drug-likeness (QED) is 0.775. The van der Waals surface area contributed by atoms with E-state index in [0.29, 0.717) is 5.92 Å². The first kappa shape index (κ1) is 12.5. The van der Waals surface area contributed by atoms with Crippen molar-refractivity contribution in [2.24, 2.45) is 7.05 Å². The van der Waals surface area contributed by atoms with Crippen molar-refractivity contribution in [3.8, 4) is 11.3 Å². The number of rotatable bonds is 2. The van der Waals surface area contributed by atoms with Gasteiger partial charge in [-0.3, -0.25) is 4.68 Å². The topological polar surface area (TPSA) is 60.0 Å². The zero-order valence-corrected chi connectivity index (χ0v) is 12.0. The summed E-state index contributed by atoms with van der Waals surface area (Å²) in [6.07, 6.45) is 9.92. The third-order valence-corrected chi connectivity index (χ3v) is 4.14. The van der Waals surface area contributed by atoms with Gasteiger partial charge < -0.3 is 5.32 Å². The number of nitrogens with zero attached hydrogens (tertiary/aromatic N) is 5. The minimum Gasteiger partial charge on any atom is -0.317 e. The minimum absolute atomic E-state index is 0.502. The van der Waals surface area contributed by atoms with Crippen molar-refractivity contribution in [3.63, 3.8) is 0 Å². The molecule has 0 atom stereocenters. The van der Waals surface area contributed by atoms with Crippen LogP contribution in [-0.4, -0.2) is 37.5 Å². The standard InChI is InChI=1S/C15H18N6/c1-20-9-12(8-18-20)13-10-21-14(4-7-17-21)15(19-13)11-2-5-16-6-3-11/h4,7-11,16H,2-3,5-6H2,1H3. The van der Waals surface area contributed by atoms with Gasteiger partial charge >= 0.3 is 0 Å². The molecule has 1 aliphatic heterocycles. The van der Waals surface area contributed by atoms with Crippen LogP contribution in [0.3, 0.4) is 0 Å². The first-order valence-corrected chi connectivity index (χ1v) is 7.35. The van der Waals surface area contributed by atoms with E-state index in [0.717, 1.165) is 48.4 Å². The van der Waals surface area contributed by atoms with Crippen LogP contribution in [0.4, 0.5) is 0 Å². The maximum absolute atomic E-state index is 4.94. The smallest absolute Gasteiger partial charge is 0.0921 e. The molecule has 6 nitrogen and oxygen atoms in total. The molecule has 108 valence electrons. The fourth-order valence-corrected chi connectivity index (χ4v) is 3.04. The van der Waals surface area contributed by atoms with E-state index in [2.05, 4.69) is 21.6 Å². The summed E-state index contributed by atoms with van der Waals surface area (Å²) < 4.78 is 3.74. The van der Waals surface area contributed by atoms with E-state index in [1.54, 1.807) is 4.68 Å². The summed E-state index contributed by atoms with van der Waals surface area (Å²) in [5, 5.41) is 12.1. The number of nitrogens with one attached hydrogen (secondary N) is 1. The number of fused-ring (bicyclic) bond motifs is 1. The molecule has 0 radical (unpaired) electrons. The summed E-state index contributed by atoms with van der Waals surface area (Å²) in [4.78, 5) is 4.94. The van der Waals surface area contributed by atoms with Crippen molar-refractivity contribution in [1.29, 1.82) is 0 Å². The molecule has 0 bridgehead atoms. The van der Waals surface area contributed by atoms with Crippen LogP contribution in [0.25, 0.3) is 16.8 Å². The molecule has 6 heteroatoms. The molecule has 21 heavy (non-hydrogen) atoms. The van der Waals surface area contributed by atoms with E-state index in [-0.39, 0.29) is 0 Å². The average Bonchev–Trinajstić information content (AvgIpc) is 3.15. The van der Waals surface area contributed by atoms with E-state index in [1.165, 1.54) is 0 Å². The molecule has 4 heterocycles. The third-order valence-electron chi connectivity index (χ3n) is 4.14. The number of hydrogen-bond donors (Lipinski definition) is 1. The van der Waals surface area contributed by atoms with E-state index >= 15 is 0 Å². The average molecular weight is 282 g/mol. The Labute approximate surface area is 122 Å². The summed E-state index contributed by atoms with van der Waals surface area (Å²) in [5.74, 6) is 0.502. The van der Waals surface area contributed by atoms with Crippen LogP contribution in [0.15, 0.2) is 30.9 Å². The Kier molecular flexibility index (Phi) is 2.96. The van der Waals surface area contributed by atoms with Gasteiger partial charge in [-0.15, -0.1) is 0 Å². The van der Waals surface area contributed by atoms with Crippen molar-refractivity contribution in [1.82, 2.24) is 29.7 Å². The molecule has 1 fully saturated rings. The fourth-order valence-electron chi connectivity index (χ4n) is 3.04. The summed E-state index contributed by atoms with van der Waals surface area (Å²) >= 11 is 0. The maximum atomic E-state index is 4.94. The molecule has 0 aliphatic carbocycles. The fraction of sp³-hybridized carbons (Fsp3) is 0.400. The highest BCUT2D eigenvalue weighted by molar-refractivity contribution is 5.62. The van der Waals surface area contributed by atoms with Crippen molar-refractivity contribution in [2.75, 3.05) is 13.1 Å². The molecular weight excluding hydrogens is 264 g/mol. The number of piperidine rings is 1. The monoisotopic (exact) mass is 282 g/mol. The van der Waals surface area contributed by atoms with Crippen LogP contribution >= 0.6 is 0 Å². The molecule has 0 unspecified atom stereocenters. The molecule has 0 aromatic carbocycles. The molecule has 4 rings (SSSR count). The van der Waals surface area contributed by atoms with Crippen molar-refractivity contribution >= 4 is 5.52 Å². The SMILES string of the molecule is Cn1cc(-c2cn3nccc3c(C3CCNCC3)n2)cn1. The lowest BCUT2D eigenvalue weighted by Crippen LogP contribution is -2.27. The highest BCUT2D eigenvalue weighted by atomic mass is 15.2. The van der Waals surface area contributed by atoms with Crippen LogP contribution in [0.5, 0.6) is 0 Å². The first-order chi connectivity index (χ1) is 10.3. The van der Waals surface area contributed by atoms with Gasteiger partial charge in [0.05, 0.1) is 35.5 Å². The molecule has 3 aromatic heterocycles. The lowest BCUT2D eigenvalue weighted by atomic mass is 9.93. The Morgan fingerprint density at radius 2 is 2.05 bits per heavy atom. The van der Waals surface area contributed by atoms with Gasteiger partial charge in [-0.05, 0) is 32.0 Å². The van der Waals surface area contributed by atoms with Crippen molar-refractivity contribution < 1.29 is 0 Å². The van der Waals surface area contributed by atoms with Crippen LogP contribution in [0, 0.1) is 0 Å². The predicted molar refractivity (Wildman–Crippen MR) is 80.0 cm³/mol. The Balaban J connectivity index is 1.85. The minimum atomic E-state index is 0.502. The van der Waals surface area contributed by atoms with Gasteiger partial charge in [0.15, 0.2) is 0 Å². The second-order valence-electron chi connectivity index (χ2n) is 5.60. The lowest BCUT2D eigenvalue weighted by molar-refractivity contribution is 0.454. The van der Waals surface area contributed by atoms with Gasteiger partial charge in [0.2, 0.25) is 0 Å². The molecule has 0 spiro atoms. The molecule has 0 saturated carbocycles. The summed E-state index contributed by atoms with van der Waals surface area (Å²) in [7, 11) is 1.92. The molecule has 1 aliphatic rings. The van der Waals surface area contributed by atoms with E-state index in [9.17, 15) is 0 Å². The summed E-state index contributed by atoms with van der Waals surface area (Å²) in [6, 6.07) is 2.05. The second kappa shape index (κ2) is 4.96. The van der Waals surface area contributed by atoms with Crippen LogP contribution in [0.1, 0.15) is 24.5 Å². The lowest BCUT2D eigenvalue weighted by Gasteiger charge is -2.23. The van der Waals surface area contributed by atoms with Crippen LogP contribution in [-0.2, 0) is 7.05 Å². The molecule has 0 amide bonds. The van der Waals surface area contributed by atoms with E-state index in [4.69, 9.17) is 4.98 Å². The van der Waals surface area contributed by atoms with Crippen LogP contribution < -0.4 is 5.32 Å². The van der Waals surface area contributed by atoms with E-state index < -0.39 is 0 Å². The van der Waals surface area contributed by atoms with Gasteiger partial charge in [0.25, 0.3) is 0 Å². The van der Waals surface area contributed by atoms with Gasteiger partial charge in [-0.1, -0.05) is 0 Å². The predicted octanol–water partition coefficient (Wildman–Crippen LogP) is 1.60. The first-order valence-electron chi connectivity index (χ1n) is 7.35. The molecular formula is C15H18N6. The number of aromatic nitrogens is 5.